The maximum absolute atomic E-state index is 5.04. The van der Waals surface area contributed by atoms with Crippen molar-refractivity contribution in [3.05, 3.63) is 109 Å². The van der Waals surface area contributed by atoms with Crippen LogP contribution in [0.25, 0.3) is 53.9 Å². The molecule has 2 nitrogen and oxygen atoms in total. The summed E-state index contributed by atoms with van der Waals surface area (Å²) in [6.45, 7) is 2.04. The molecule has 6 rings (SSSR count). The molecule has 2 aromatic heterocycles. The van der Waals surface area contributed by atoms with E-state index in [2.05, 4.69) is 97.1 Å². The van der Waals surface area contributed by atoms with E-state index in [1.54, 1.807) is 0 Å². The van der Waals surface area contributed by atoms with E-state index in [9.17, 15) is 0 Å². The van der Waals surface area contributed by atoms with E-state index >= 15 is 0 Å². The van der Waals surface area contributed by atoms with Gasteiger partial charge >= 0.3 is 0 Å². The van der Waals surface area contributed by atoms with Crippen molar-refractivity contribution >= 4 is 31.5 Å². The first-order chi connectivity index (χ1) is 15.8. The Hall–Kier alpha value is -3.82. The molecule has 0 unspecified atom stereocenters. The molecular formula is C29H20N2S. The van der Waals surface area contributed by atoms with Gasteiger partial charge in [-0.1, -0.05) is 78.9 Å². The number of aromatic nitrogens is 2. The van der Waals surface area contributed by atoms with Gasteiger partial charge in [-0.15, -0.1) is 11.3 Å². The predicted molar refractivity (Wildman–Crippen MR) is 136 cm³/mol. The van der Waals surface area contributed by atoms with Crippen molar-refractivity contribution in [2.24, 2.45) is 0 Å². The number of hydrogen-bond donors (Lipinski definition) is 0. The number of rotatable bonds is 3. The zero-order valence-corrected chi connectivity index (χ0v) is 18.4. The zero-order valence-electron chi connectivity index (χ0n) is 17.6. The molecule has 0 aliphatic carbocycles. The molecule has 0 amide bonds. The summed E-state index contributed by atoms with van der Waals surface area (Å²) < 4.78 is 2.59. The average Bonchev–Trinajstić information content (AvgIpc) is 3.23. The summed E-state index contributed by atoms with van der Waals surface area (Å²) in [4.78, 5) is 9.82. The quantitative estimate of drug-likeness (QED) is 0.284. The van der Waals surface area contributed by atoms with Crippen LogP contribution in [-0.2, 0) is 0 Å². The Bertz CT molecular complexity index is 1580. The Balaban J connectivity index is 1.53. The monoisotopic (exact) mass is 428 g/mol. The first kappa shape index (κ1) is 18.9. The Morgan fingerprint density at radius 2 is 1.31 bits per heavy atom. The second-order valence-electron chi connectivity index (χ2n) is 7.94. The van der Waals surface area contributed by atoms with Crippen LogP contribution in [-0.4, -0.2) is 9.97 Å². The van der Waals surface area contributed by atoms with Crippen LogP contribution < -0.4 is 0 Å². The highest BCUT2D eigenvalue weighted by atomic mass is 32.1. The van der Waals surface area contributed by atoms with E-state index < -0.39 is 0 Å². The Morgan fingerprint density at radius 3 is 2.22 bits per heavy atom. The Morgan fingerprint density at radius 1 is 0.594 bits per heavy atom. The summed E-state index contributed by atoms with van der Waals surface area (Å²) in [6, 6.07) is 36.1. The lowest BCUT2D eigenvalue weighted by atomic mass is 10.0. The van der Waals surface area contributed by atoms with Gasteiger partial charge < -0.3 is 0 Å². The molecule has 4 aromatic carbocycles. The third-order valence-electron chi connectivity index (χ3n) is 5.76. The standard InChI is InChI=1S/C29H20N2S/c1-19-17-25(23-14-8-16-27-28(23)24-13-5-6-15-26(24)32-27)31-29(30-19)22-12-7-11-21(18-22)20-9-3-2-4-10-20/h2-18H,1H3. The molecule has 0 radical (unpaired) electrons. The molecule has 0 aliphatic rings. The van der Waals surface area contributed by atoms with Gasteiger partial charge in [0.15, 0.2) is 5.82 Å². The summed E-state index contributed by atoms with van der Waals surface area (Å²) in [5.41, 5.74) is 6.47. The maximum Gasteiger partial charge on any atom is 0.160 e. The fourth-order valence-electron chi connectivity index (χ4n) is 4.29. The zero-order chi connectivity index (χ0) is 21.5. The smallest absolute Gasteiger partial charge is 0.160 e. The average molecular weight is 429 g/mol. The van der Waals surface area contributed by atoms with Gasteiger partial charge in [-0.2, -0.15) is 0 Å². The molecule has 0 bridgehead atoms. The second-order valence-corrected chi connectivity index (χ2v) is 9.03. The van der Waals surface area contributed by atoms with Gasteiger partial charge in [0.1, 0.15) is 0 Å². The molecular weight excluding hydrogens is 408 g/mol. The largest absolute Gasteiger partial charge is 0.233 e. The molecule has 0 fully saturated rings. The first-order valence-electron chi connectivity index (χ1n) is 10.7. The van der Waals surface area contributed by atoms with Crippen LogP contribution in [0, 0.1) is 6.92 Å². The minimum atomic E-state index is 0.759. The van der Waals surface area contributed by atoms with Gasteiger partial charge in [0, 0.05) is 37.0 Å². The molecule has 0 spiro atoms. The van der Waals surface area contributed by atoms with Crippen molar-refractivity contribution in [2.45, 2.75) is 6.92 Å². The minimum absolute atomic E-state index is 0.759. The highest BCUT2D eigenvalue weighted by Gasteiger charge is 2.14. The Kier molecular flexibility index (Phi) is 4.55. The third-order valence-corrected chi connectivity index (χ3v) is 6.90. The predicted octanol–water partition coefficient (Wildman–Crippen LogP) is 8.15. The van der Waals surface area contributed by atoms with Crippen molar-refractivity contribution in [2.75, 3.05) is 0 Å². The van der Waals surface area contributed by atoms with Crippen LogP contribution in [0.4, 0.5) is 0 Å². The van der Waals surface area contributed by atoms with E-state index in [1.807, 2.05) is 24.3 Å². The SMILES string of the molecule is Cc1cc(-c2cccc3sc4ccccc4c23)nc(-c2cccc(-c3ccccc3)c2)n1. The van der Waals surface area contributed by atoms with Crippen LogP contribution in [0.15, 0.2) is 103 Å². The number of hydrogen-bond acceptors (Lipinski definition) is 3. The van der Waals surface area contributed by atoms with Crippen molar-refractivity contribution in [1.82, 2.24) is 9.97 Å². The van der Waals surface area contributed by atoms with E-state index in [0.717, 1.165) is 28.3 Å². The van der Waals surface area contributed by atoms with E-state index in [1.165, 1.54) is 31.3 Å². The summed E-state index contributed by atoms with van der Waals surface area (Å²) in [6.07, 6.45) is 0. The fraction of sp³-hybridized carbons (Fsp3) is 0.0345. The molecule has 0 saturated carbocycles. The van der Waals surface area contributed by atoms with Crippen LogP contribution in [0.1, 0.15) is 5.69 Å². The number of thiophene rings is 1. The molecule has 0 saturated heterocycles. The lowest BCUT2D eigenvalue weighted by Crippen LogP contribution is -1.95. The van der Waals surface area contributed by atoms with Gasteiger partial charge in [-0.25, -0.2) is 9.97 Å². The van der Waals surface area contributed by atoms with Gasteiger partial charge in [0.05, 0.1) is 5.69 Å². The van der Waals surface area contributed by atoms with Crippen LogP contribution in [0.5, 0.6) is 0 Å². The number of nitrogens with zero attached hydrogens (tertiary/aromatic N) is 2. The highest BCUT2D eigenvalue weighted by molar-refractivity contribution is 7.25. The van der Waals surface area contributed by atoms with Crippen molar-refractivity contribution in [3.8, 4) is 33.8 Å². The van der Waals surface area contributed by atoms with Crippen molar-refractivity contribution in [1.29, 1.82) is 0 Å². The van der Waals surface area contributed by atoms with E-state index in [-0.39, 0.29) is 0 Å². The summed E-state index contributed by atoms with van der Waals surface area (Å²) in [5.74, 6) is 0.759. The Labute approximate surface area is 190 Å². The number of aryl methyl sites for hydroxylation is 1. The van der Waals surface area contributed by atoms with Gasteiger partial charge in [-0.3, -0.25) is 0 Å². The lowest BCUT2D eigenvalue weighted by molar-refractivity contribution is 1.12. The molecule has 0 N–H and O–H groups in total. The second kappa shape index (κ2) is 7.70. The number of benzene rings is 4. The summed E-state index contributed by atoms with van der Waals surface area (Å²) >= 11 is 1.83. The van der Waals surface area contributed by atoms with E-state index in [0.29, 0.717) is 0 Å². The van der Waals surface area contributed by atoms with Crippen LogP contribution >= 0.6 is 11.3 Å². The molecule has 32 heavy (non-hydrogen) atoms. The fourth-order valence-corrected chi connectivity index (χ4v) is 5.42. The van der Waals surface area contributed by atoms with Crippen molar-refractivity contribution < 1.29 is 0 Å². The molecule has 2 heterocycles. The van der Waals surface area contributed by atoms with Gasteiger partial charge in [0.25, 0.3) is 0 Å². The number of fused-ring (bicyclic) bond motifs is 3. The summed E-state index contributed by atoms with van der Waals surface area (Å²) in [5, 5.41) is 2.56. The van der Waals surface area contributed by atoms with Gasteiger partial charge in [-0.05, 0) is 42.3 Å². The topological polar surface area (TPSA) is 25.8 Å². The molecule has 6 aromatic rings. The molecule has 3 heteroatoms. The molecule has 0 aliphatic heterocycles. The lowest BCUT2D eigenvalue weighted by Gasteiger charge is -2.09. The molecule has 152 valence electrons. The third kappa shape index (κ3) is 3.28. The van der Waals surface area contributed by atoms with Crippen LogP contribution in [0.2, 0.25) is 0 Å². The first-order valence-corrected chi connectivity index (χ1v) is 11.5. The van der Waals surface area contributed by atoms with Crippen molar-refractivity contribution in [3.63, 3.8) is 0 Å². The minimum Gasteiger partial charge on any atom is -0.233 e. The maximum atomic E-state index is 5.04. The van der Waals surface area contributed by atoms with Gasteiger partial charge in [0.2, 0.25) is 0 Å². The normalized spacial score (nSPS) is 11.3. The van der Waals surface area contributed by atoms with E-state index in [4.69, 9.17) is 9.97 Å². The summed E-state index contributed by atoms with van der Waals surface area (Å²) in [7, 11) is 0. The molecule has 0 atom stereocenters. The van der Waals surface area contributed by atoms with Crippen LogP contribution in [0.3, 0.4) is 0 Å². The highest BCUT2D eigenvalue weighted by Crippen LogP contribution is 2.39.